The molecule has 0 fully saturated rings. The molecule has 0 aliphatic rings. The van der Waals surface area contributed by atoms with Gasteiger partial charge in [0, 0.05) is 5.02 Å². The van der Waals surface area contributed by atoms with E-state index in [-0.39, 0.29) is 5.69 Å². The second-order valence-electron chi connectivity index (χ2n) is 3.41. The Labute approximate surface area is 111 Å². The Kier molecular flexibility index (Phi) is 3.45. The maximum Gasteiger partial charge on any atom is 0.291 e. The summed E-state index contributed by atoms with van der Waals surface area (Å²) < 4.78 is 0.383. The first-order valence-corrected chi connectivity index (χ1v) is 5.95. The molecule has 0 atom stereocenters. The SMILES string of the molecule is O=[N+]([O-])c1c(Br)cc(Cl)cc1-c1ccccc1. The van der Waals surface area contributed by atoms with E-state index in [0.717, 1.165) is 5.56 Å². The highest BCUT2D eigenvalue weighted by Gasteiger charge is 2.20. The highest BCUT2D eigenvalue weighted by Crippen LogP contribution is 2.38. The van der Waals surface area contributed by atoms with Crippen molar-refractivity contribution in [1.82, 2.24) is 0 Å². The van der Waals surface area contributed by atoms with E-state index in [4.69, 9.17) is 11.6 Å². The minimum atomic E-state index is -0.414. The Morgan fingerprint density at radius 2 is 1.82 bits per heavy atom. The van der Waals surface area contributed by atoms with Gasteiger partial charge in [-0.1, -0.05) is 41.9 Å². The van der Waals surface area contributed by atoms with E-state index in [9.17, 15) is 10.1 Å². The van der Waals surface area contributed by atoms with Gasteiger partial charge in [-0.2, -0.15) is 0 Å². The molecular weight excluding hydrogens is 305 g/mol. The molecule has 2 aromatic rings. The number of nitrogens with zero attached hydrogens (tertiary/aromatic N) is 1. The molecular formula is C12H7BrClNO2. The van der Waals surface area contributed by atoms with E-state index in [0.29, 0.717) is 15.1 Å². The quantitative estimate of drug-likeness (QED) is 0.597. The maximum atomic E-state index is 11.1. The lowest BCUT2D eigenvalue weighted by Crippen LogP contribution is -1.93. The Hall–Kier alpha value is -1.39. The lowest BCUT2D eigenvalue weighted by Gasteiger charge is -2.05. The molecule has 0 saturated heterocycles. The van der Waals surface area contributed by atoms with Crippen LogP contribution in [0.2, 0.25) is 5.02 Å². The number of hydrogen-bond acceptors (Lipinski definition) is 2. The molecule has 0 radical (unpaired) electrons. The molecule has 86 valence electrons. The second-order valence-corrected chi connectivity index (χ2v) is 4.70. The van der Waals surface area contributed by atoms with Crippen molar-refractivity contribution >= 4 is 33.2 Å². The highest BCUT2D eigenvalue weighted by molar-refractivity contribution is 9.10. The summed E-state index contributed by atoms with van der Waals surface area (Å²) in [6, 6.07) is 12.2. The van der Waals surface area contributed by atoms with Gasteiger partial charge in [0.1, 0.15) is 0 Å². The number of hydrogen-bond donors (Lipinski definition) is 0. The molecule has 5 heteroatoms. The molecule has 2 rings (SSSR count). The van der Waals surface area contributed by atoms with Crippen molar-refractivity contribution in [3.63, 3.8) is 0 Å². The molecule has 0 unspecified atom stereocenters. The lowest BCUT2D eigenvalue weighted by molar-refractivity contribution is -0.385. The minimum Gasteiger partial charge on any atom is -0.258 e. The summed E-state index contributed by atoms with van der Waals surface area (Å²) in [6.07, 6.45) is 0. The summed E-state index contributed by atoms with van der Waals surface area (Å²) >= 11 is 9.09. The van der Waals surface area contributed by atoms with Crippen LogP contribution in [0.1, 0.15) is 0 Å². The first-order valence-electron chi connectivity index (χ1n) is 4.78. The molecule has 0 heterocycles. The summed E-state index contributed by atoms with van der Waals surface area (Å²) in [4.78, 5) is 10.6. The smallest absolute Gasteiger partial charge is 0.258 e. The van der Waals surface area contributed by atoms with Crippen LogP contribution in [0.4, 0.5) is 5.69 Å². The summed E-state index contributed by atoms with van der Waals surface area (Å²) in [7, 11) is 0. The number of nitro groups is 1. The largest absolute Gasteiger partial charge is 0.291 e. The predicted molar refractivity (Wildman–Crippen MR) is 71.2 cm³/mol. The van der Waals surface area contributed by atoms with Crippen LogP contribution in [0.5, 0.6) is 0 Å². The summed E-state index contributed by atoms with van der Waals surface area (Å²) in [5, 5.41) is 11.5. The van der Waals surface area contributed by atoms with Crippen molar-refractivity contribution in [3.05, 3.63) is 62.1 Å². The average Bonchev–Trinajstić information content (AvgIpc) is 2.28. The van der Waals surface area contributed by atoms with Gasteiger partial charge in [0.05, 0.1) is 15.0 Å². The summed E-state index contributed by atoms with van der Waals surface area (Å²) in [5.41, 5.74) is 1.30. The van der Waals surface area contributed by atoms with Crippen molar-refractivity contribution in [1.29, 1.82) is 0 Å². The highest BCUT2D eigenvalue weighted by atomic mass is 79.9. The van der Waals surface area contributed by atoms with Gasteiger partial charge in [-0.15, -0.1) is 0 Å². The van der Waals surface area contributed by atoms with Crippen molar-refractivity contribution in [2.24, 2.45) is 0 Å². The van der Waals surface area contributed by atoms with Crippen LogP contribution in [0.25, 0.3) is 11.1 Å². The van der Waals surface area contributed by atoms with Crippen molar-refractivity contribution in [2.45, 2.75) is 0 Å². The third kappa shape index (κ3) is 2.48. The topological polar surface area (TPSA) is 43.1 Å². The second kappa shape index (κ2) is 4.85. The van der Waals surface area contributed by atoms with Crippen LogP contribution in [-0.4, -0.2) is 4.92 Å². The van der Waals surface area contributed by atoms with E-state index in [1.54, 1.807) is 6.07 Å². The van der Waals surface area contributed by atoms with E-state index in [2.05, 4.69) is 15.9 Å². The molecule has 0 bridgehead atoms. The molecule has 0 saturated carbocycles. The van der Waals surface area contributed by atoms with E-state index in [1.807, 2.05) is 30.3 Å². The minimum absolute atomic E-state index is 0.0283. The Morgan fingerprint density at radius 3 is 2.41 bits per heavy atom. The third-order valence-electron chi connectivity index (χ3n) is 2.30. The molecule has 2 aromatic carbocycles. The van der Waals surface area contributed by atoms with Crippen LogP contribution in [-0.2, 0) is 0 Å². The van der Waals surface area contributed by atoms with Crippen molar-refractivity contribution in [2.75, 3.05) is 0 Å². The fourth-order valence-corrected chi connectivity index (χ4v) is 2.54. The number of rotatable bonds is 2. The fourth-order valence-electron chi connectivity index (χ4n) is 1.59. The van der Waals surface area contributed by atoms with Gasteiger partial charge in [0.15, 0.2) is 0 Å². The molecule has 0 aliphatic carbocycles. The number of nitro benzene ring substituents is 1. The zero-order valence-electron chi connectivity index (χ0n) is 8.56. The Morgan fingerprint density at radius 1 is 1.18 bits per heavy atom. The molecule has 0 spiro atoms. The lowest BCUT2D eigenvalue weighted by atomic mass is 10.0. The van der Waals surface area contributed by atoms with Crippen molar-refractivity contribution < 1.29 is 4.92 Å². The van der Waals surface area contributed by atoms with Gasteiger partial charge >= 0.3 is 0 Å². The van der Waals surface area contributed by atoms with E-state index in [1.165, 1.54) is 6.07 Å². The van der Waals surface area contributed by atoms with Crippen LogP contribution in [0, 0.1) is 10.1 Å². The molecule has 0 aliphatic heterocycles. The Balaban J connectivity index is 2.72. The van der Waals surface area contributed by atoms with Gasteiger partial charge in [-0.25, -0.2) is 0 Å². The molecule has 0 N–H and O–H groups in total. The van der Waals surface area contributed by atoms with Gasteiger partial charge < -0.3 is 0 Å². The third-order valence-corrected chi connectivity index (χ3v) is 3.12. The fraction of sp³-hybridized carbons (Fsp3) is 0. The zero-order chi connectivity index (χ0) is 12.4. The van der Waals surface area contributed by atoms with Gasteiger partial charge in [0.2, 0.25) is 0 Å². The van der Waals surface area contributed by atoms with Gasteiger partial charge in [-0.3, -0.25) is 10.1 Å². The summed E-state index contributed by atoms with van der Waals surface area (Å²) in [6.45, 7) is 0. The van der Waals surface area contributed by atoms with Crippen molar-refractivity contribution in [3.8, 4) is 11.1 Å². The van der Waals surface area contributed by atoms with Crippen LogP contribution < -0.4 is 0 Å². The molecule has 0 aromatic heterocycles. The Bertz CT molecular complexity index is 572. The predicted octanol–water partition coefficient (Wildman–Crippen LogP) is 4.68. The van der Waals surface area contributed by atoms with Crippen LogP contribution in [0.3, 0.4) is 0 Å². The van der Waals surface area contributed by atoms with E-state index < -0.39 is 4.92 Å². The number of benzene rings is 2. The maximum absolute atomic E-state index is 11.1. The first-order chi connectivity index (χ1) is 8.09. The molecule has 0 amide bonds. The van der Waals surface area contributed by atoms with Crippen LogP contribution >= 0.6 is 27.5 Å². The zero-order valence-corrected chi connectivity index (χ0v) is 10.9. The first kappa shape index (κ1) is 12.1. The molecule has 17 heavy (non-hydrogen) atoms. The molecule has 3 nitrogen and oxygen atoms in total. The van der Waals surface area contributed by atoms with Gasteiger partial charge in [0.25, 0.3) is 5.69 Å². The van der Waals surface area contributed by atoms with Gasteiger partial charge in [-0.05, 0) is 33.6 Å². The number of halogens is 2. The monoisotopic (exact) mass is 311 g/mol. The average molecular weight is 313 g/mol. The normalized spacial score (nSPS) is 10.2. The standard InChI is InChI=1S/C12H7BrClNO2/c13-11-7-9(14)6-10(12(11)15(16)17)8-4-2-1-3-5-8/h1-7H. The van der Waals surface area contributed by atoms with Crippen LogP contribution in [0.15, 0.2) is 46.9 Å². The van der Waals surface area contributed by atoms with E-state index >= 15 is 0 Å². The summed E-state index contributed by atoms with van der Waals surface area (Å²) in [5.74, 6) is 0.